The molecule has 1 aromatic carbocycles. The van der Waals surface area contributed by atoms with Gasteiger partial charge in [-0.05, 0) is 25.5 Å². The van der Waals surface area contributed by atoms with Gasteiger partial charge in [-0.25, -0.2) is 13.1 Å². The summed E-state index contributed by atoms with van der Waals surface area (Å²) < 4.78 is 26.0. The Morgan fingerprint density at radius 3 is 2.53 bits per heavy atom. The topological polar surface area (TPSA) is 66.4 Å². The molecule has 0 aliphatic carbocycles. The van der Waals surface area contributed by atoms with Crippen molar-refractivity contribution in [3.05, 3.63) is 42.5 Å². The van der Waals surface area contributed by atoms with E-state index in [1.807, 2.05) is 6.92 Å². The molecule has 0 fully saturated rings. The minimum Gasteiger partial charge on any atom is -0.389 e. The highest BCUT2D eigenvalue weighted by Crippen LogP contribution is 2.09. The van der Waals surface area contributed by atoms with E-state index in [1.165, 1.54) is 6.08 Å². The van der Waals surface area contributed by atoms with Crippen LogP contribution >= 0.6 is 0 Å². The van der Waals surface area contributed by atoms with Gasteiger partial charge in [-0.15, -0.1) is 6.58 Å². The molecular formula is C12H17NO3S. The number of sulfonamides is 1. The van der Waals surface area contributed by atoms with E-state index in [0.29, 0.717) is 6.42 Å². The van der Waals surface area contributed by atoms with E-state index in [4.69, 9.17) is 0 Å². The van der Waals surface area contributed by atoms with Gasteiger partial charge < -0.3 is 5.11 Å². The molecule has 0 bridgehead atoms. The van der Waals surface area contributed by atoms with Crippen molar-refractivity contribution in [1.82, 2.24) is 4.72 Å². The van der Waals surface area contributed by atoms with Crippen LogP contribution in [-0.2, 0) is 10.0 Å². The zero-order valence-corrected chi connectivity index (χ0v) is 10.6. The molecule has 17 heavy (non-hydrogen) atoms. The Morgan fingerprint density at radius 2 is 2.00 bits per heavy atom. The molecule has 1 atom stereocenters. The van der Waals surface area contributed by atoms with Crippen LogP contribution in [0.25, 0.3) is 0 Å². The van der Waals surface area contributed by atoms with Gasteiger partial charge in [0.05, 0.1) is 11.0 Å². The summed E-state index contributed by atoms with van der Waals surface area (Å²) in [6, 6.07) is 6.60. The van der Waals surface area contributed by atoms with Gasteiger partial charge in [0.1, 0.15) is 0 Å². The van der Waals surface area contributed by atoms with Crippen LogP contribution in [0.5, 0.6) is 0 Å². The van der Waals surface area contributed by atoms with Gasteiger partial charge in [0.25, 0.3) is 0 Å². The molecule has 2 N–H and O–H groups in total. The lowest BCUT2D eigenvalue weighted by molar-refractivity contribution is 0.214. The summed E-state index contributed by atoms with van der Waals surface area (Å²) in [5, 5.41) is 9.21. The highest BCUT2D eigenvalue weighted by molar-refractivity contribution is 7.89. The van der Waals surface area contributed by atoms with Gasteiger partial charge in [-0.2, -0.15) is 0 Å². The zero-order valence-electron chi connectivity index (χ0n) is 9.76. The second-order valence-corrected chi connectivity index (χ2v) is 5.57. The second-order valence-electron chi connectivity index (χ2n) is 3.80. The lowest BCUT2D eigenvalue weighted by Crippen LogP contribution is -2.26. The van der Waals surface area contributed by atoms with Crippen molar-refractivity contribution in [1.29, 1.82) is 0 Å². The predicted molar refractivity (Wildman–Crippen MR) is 67.2 cm³/mol. The van der Waals surface area contributed by atoms with E-state index in [9.17, 15) is 13.5 Å². The molecule has 5 heteroatoms. The number of nitrogens with one attached hydrogen (secondary N) is 1. The minimum atomic E-state index is -3.48. The maximum atomic E-state index is 11.8. The second kappa shape index (κ2) is 5.95. The Balaban J connectivity index is 2.63. The highest BCUT2D eigenvalue weighted by atomic mass is 32.2. The molecule has 0 aliphatic rings. The molecule has 0 heterocycles. The van der Waals surface area contributed by atoms with Crippen molar-refractivity contribution in [3.63, 3.8) is 0 Å². The van der Waals surface area contributed by atoms with Crippen molar-refractivity contribution in [3.8, 4) is 0 Å². The van der Waals surface area contributed by atoms with Crippen LogP contribution in [0.15, 0.2) is 41.8 Å². The smallest absolute Gasteiger partial charge is 0.240 e. The quantitative estimate of drug-likeness (QED) is 0.751. The highest BCUT2D eigenvalue weighted by Gasteiger charge is 2.13. The van der Waals surface area contributed by atoms with Crippen molar-refractivity contribution in [2.24, 2.45) is 0 Å². The standard InChI is InChI=1S/C12H17NO3S/c1-3-11(14)8-9-13-17(15,16)12-6-4-10(2)5-7-12/h3-7,11,13-14H,1,8-9H2,2H3. The molecule has 94 valence electrons. The SMILES string of the molecule is C=CC(O)CCNS(=O)(=O)c1ccc(C)cc1. The molecule has 0 saturated carbocycles. The van der Waals surface area contributed by atoms with Gasteiger partial charge in [-0.1, -0.05) is 23.8 Å². The first-order valence-electron chi connectivity index (χ1n) is 5.32. The summed E-state index contributed by atoms with van der Waals surface area (Å²) in [5.74, 6) is 0. The van der Waals surface area contributed by atoms with Crippen molar-refractivity contribution < 1.29 is 13.5 Å². The van der Waals surface area contributed by atoms with Gasteiger partial charge in [-0.3, -0.25) is 0 Å². The van der Waals surface area contributed by atoms with E-state index in [-0.39, 0.29) is 11.4 Å². The Labute approximate surface area is 102 Å². The average Bonchev–Trinajstić information content (AvgIpc) is 2.29. The Morgan fingerprint density at radius 1 is 1.41 bits per heavy atom. The van der Waals surface area contributed by atoms with Crippen LogP contribution in [0, 0.1) is 6.92 Å². The molecule has 0 saturated heterocycles. The van der Waals surface area contributed by atoms with E-state index in [2.05, 4.69) is 11.3 Å². The van der Waals surface area contributed by atoms with Crippen LogP contribution in [0.1, 0.15) is 12.0 Å². The first-order chi connectivity index (χ1) is 7.95. The van der Waals surface area contributed by atoms with Crippen molar-refractivity contribution in [2.45, 2.75) is 24.3 Å². The summed E-state index contributed by atoms with van der Waals surface area (Å²) >= 11 is 0. The third-order valence-electron chi connectivity index (χ3n) is 2.34. The van der Waals surface area contributed by atoms with Crippen molar-refractivity contribution in [2.75, 3.05) is 6.54 Å². The molecule has 0 spiro atoms. The summed E-state index contributed by atoms with van der Waals surface area (Å²) in [4.78, 5) is 0.233. The average molecular weight is 255 g/mol. The maximum absolute atomic E-state index is 11.8. The number of aryl methyl sites for hydroxylation is 1. The van der Waals surface area contributed by atoms with Gasteiger partial charge in [0.15, 0.2) is 0 Å². The van der Waals surface area contributed by atoms with Gasteiger partial charge in [0.2, 0.25) is 10.0 Å². The third-order valence-corrected chi connectivity index (χ3v) is 3.81. The van der Waals surface area contributed by atoms with Gasteiger partial charge >= 0.3 is 0 Å². The van der Waals surface area contributed by atoms with Crippen molar-refractivity contribution >= 4 is 10.0 Å². The predicted octanol–water partition coefficient (Wildman–Crippen LogP) is 1.21. The maximum Gasteiger partial charge on any atom is 0.240 e. The van der Waals surface area contributed by atoms with Crippen LogP contribution in [-0.4, -0.2) is 26.2 Å². The molecule has 0 aromatic heterocycles. The Hall–Kier alpha value is -1.17. The monoisotopic (exact) mass is 255 g/mol. The Bertz CT molecular complexity index is 465. The van der Waals surface area contributed by atoms with Crippen LogP contribution < -0.4 is 4.72 Å². The fourth-order valence-electron chi connectivity index (χ4n) is 1.26. The number of benzene rings is 1. The van der Waals surface area contributed by atoms with Gasteiger partial charge in [0, 0.05) is 6.54 Å². The lowest BCUT2D eigenvalue weighted by atomic mass is 10.2. The number of rotatable bonds is 6. The fourth-order valence-corrected chi connectivity index (χ4v) is 2.31. The van der Waals surface area contributed by atoms with E-state index >= 15 is 0 Å². The largest absolute Gasteiger partial charge is 0.389 e. The van der Waals surface area contributed by atoms with Crippen LogP contribution in [0.2, 0.25) is 0 Å². The third kappa shape index (κ3) is 4.30. The number of aliphatic hydroxyl groups is 1. The summed E-state index contributed by atoms with van der Waals surface area (Å²) in [7, 11) is -3.48. The van der Waals surface area contributed by atoms with E-state index < -0.39 is 16.1 Å². The normalized spacial score (nSPS) is 13.3. The molecule has 0 amide bonds. The van der Waals surface area contributed by atoms with Crippen LogP contribution in [0.3, 0.4) is 0 Å². The lowest BCUT2D eigenvalue weighted by Gasteiger charge is -2.08. The van der Waals surface area contributed by atoms with Crippen LogP contribution in [0.4, 0.5) is 0 Å². The molecule has 0 aliphatic heterocycles. The molecule has 4 nitrogen and oxygen atoms in total. The minimum absolute atomic E-state index is 0.184. The number of hydrogen-bond donors (Lipinski definition) is 2. The molecule has 0 radical (unpaired) electrons. The summed E-state index contributed by atoms with van der Waals surface area (Å²) in [5.41, 5.74) is 1.01. The number of aliphatic hydroxyl groups excluding tert-OH is 1. The molecule has 1 rings (SSSR count). The fraction of sp³-hybridized carbons (Fsp3) is 0.333. The zero-order chi connectivity index (χ0) is 12.9. The van der Waals surface area contributed by atoms with E-state index in [0.717, 1.165) is 5.56 Å². The summed E-state index contributed by atoms with van der Waals surface area (Å²) in [6.45, 7) is 5.49. The van der Waals surface area contributed by atoms with E-state index in [1.54, 1.807) is 24.3 Å². The molecule has 1 aromatic rings. The summed E-state index contributed by atoms with van der Waals surface area (Å²) in [6.07, 6.45) is 1.00. The molecule has 1 unspecified atom stereocenters. The molecular weight excluding hydrogens is 238 g/mol. The Kier molecular flexibility index (Phi) is 4.86. The number of hydrogen-bond acceptors (Lipinski definition) is 3. The first-order valence-corrected chi connectivity index (χ1v) is 6.81. The first kappa shape index (κ1) is 13.9.